The molecule has 3 amide bonds. The lowest BCUT2D eigenvalue weighted by atomic mass is 10.0. The van der Waals surface area contributed by atoms with Gasteiger partial charge in [0.2, 0.25) is 11.9 Å². The molecular formula is C35H51N4O5+. The molecule has 2 aromatic rings. The molecule has 44 heavy (non-hydrogen) atoms. The van der Waals surface area contributed by atoms with Gasteiger partial charge in [-0.25, -0.2) is 4.79 Å². The number of rotatable bonds is 18. The highest BCUT2D eigenvalue weighted by Gasteiger charge is 2.38. The molecule has 0 saturated carbocycles. The number of nitrogens with zero attached hydrogens (tertiary/aromatic N) is 1. The van der Waals surface area contributed by atoms with E-state index in [-0.39, 0.29) is 24.8 Å². The van der Waals surface area contributed by atoms with Crippen LogP contribution in [0.4, 0.5) is 0 Å². The maximum Gasteiger partial charge on any atom is 0.409 e. The fraction of sp³-hybridized carbons (Fsp3) is 0.486. The maximum absolute atomic E-state index is 13.7. The van der Waals surface area contributed by atoms with Crippen molar-refractivity contribution in [2.24, 2.45) is 0 Å². The summed E-state index contributed by atoms with van der Waals surface area (Å²) in [5.74, 6) is -0.131. The molecule has 9 nitrogen and oxygen atoms in total. The van der Waals surface area contributed by atoms with Gasteiger partial charge in [0.25, 0.3) is 5.91 Å². The highest BCUT2D eigenvalue weighted by atomic mass is 16.5. The molecule has 0 heterocycles. The van der Waals surface area contributed by atoms with Gasteiger partial charge in [-0.05, 0) is 89.4 Å². The first-order valence-electron chi connectivity index (χ1n) is 15.3. The molecule has 0 saturated heterocycles. The largest absolute Gasteiger partial charge is 0.494 e. The SMILES string of the molecule is C=C(C[C@H](NC(C)=O)C(=O)[N+](=C)C(CCc1ccccc1)C(=O)NCc1cc(OCCCCNC)ccc1C)OC(C)(C)C. The summed E-state index contributed by atoms with van der Waals surface area (Å²) in [6.45, 7) is 18.7. The zero-order valence-corrected chi connectivity index (χ0v) is 27.3. The maximum atomic E-state index is 13.7. The molecule has 0 bridgehead atoms. The van der Waals surface area contributed by atoms with Crippen LogP contribution in [0.1, 0.15) is 70.1 Å². The lowest BCUT2D eigenvalue weighted by Gasteiger charge is -2.25. The quantitative estimate of drug-likeness (QED) is 0.100. The van der Waals surface area contributed by atoms with Gasteiger partial charge in [-0.3, -0.25) is 9.59 Å². The second kappa shape index (κ2) is 18.0. The molecule has 240 valence electrons. The highest BCUT2D eigenvalue weighted by molar-refractivity contribution is 5.87. The molecule has 0 aliphatic carbocycles. The number of hydrogen-bond acceptors (Lipinski definition) is 6. The van der Waals surface area contributed by atoms with Gasteiger partial charge in [-0.2, -0.15) is 4.58 Å². The van der Waals surface area contributed by atoms with Crippen molar-refractivity contribution < 1.29 is 28.4 Å². The van der Waals surface area contributed by atoms with Crippen molar-refractivity contribution in [1.82, 2.24) is 16.0 Å². The van der Waals surface area contributed by atoms with Gasteiger partial charge < -0.3 is 25.4 Å². The molecule has 1 unspecified atom stereocenters. The minimum atomic E-state index is -0.990. The van der Waals surface area contributed by atoms with Gasteiger partial charge in [0, 0.05) is 26.3 Å². The Hall–Kier alpha value is -3.98. The number of ether oxygens (including phenoxy) is 2. The van der Waals surface area contributed by atoms with Gasteiger partial charge in [-0.1, -0.05) is 43.0 Å². The van der Waals surface area contributed by atoms with E-state index in [1.165, 1.54) is 11.5 Å². The molecule has 2 rings (SSSR count). The van der Waals surface area contributed by atoms with Crippen molar-refractivity contribution in [2.75, 3.05) is 20.2 Å². The first-order valence-corrected chi connectivity index (χ1v) is 15.3. The molecule has 9 heteroatoms. The van der Waals surface area contributed by atoms with Crippen molar-refractivity contribution in [3.05, 3.63) is 77.6 Å². The number of carbonyl (C=O) groups excluding carboxylic acids is 3. The Morgan fingerprint density at radius 1 is 1.05 bits per heavy atom. The second-order valence-electron chi connectivity index (χ2n) is 12.0. The highest BCUT2D eigenvalue weighted by Crippen LogP contribution is 2.20. The Morgan fingerprint density at radius 3 is 2.39 bits per heavy atom. The molecule has 2 aromatic carbocycles. The van der Waals surface area contributed by atoms with Crippen LogP contribution in [0.5, 0.6) is 5.75 Å². The van der Waals surface area contributed by atoms with Crippen LogP contribution in [-0.4, -0.2) is 66.9 Å². The van der Waals surface area contributed by atoms with E-state index >= 15 is 0 Å². The minimum Gasteiger partial charge on any atom is -0.494 e. The molecule has 0 radical (unpaired) electrons. The van der Waals surface area contributed by atoms with E-state index in [0.29, 0.717) is 25.2 Å². The summed E-state index contributed by atoms with van der Waals surface area (Å²) in [7, 11) is 1.93. The van der Waals surface area contributed by atoms with E-state index in [2.05, 4.69) is 29.2 Å². The van der Waals surface area contributed by atoms with Crippen LogP contribution in [0, 0.1) is 6.92 Å². The second-order valence-corrected chi connectivity index (χ2v) is 12.0. The Morgan fingerprint density at radius 2 is 1.75 bits per heavy atom. The third kappa shape index (κ3) is 13.1. The predicted molar refractivity (Wildman–Crippen MR) is 175 cm³/mol. The normalized spacial score (nSPS) is 12.5. The van der Waals surface area contributed by atoms with Crippen molar-refractivity contribution in [1.29, 1.82) is 0 Å². The molecule has 0 spiro atoms. The zero-order valence-electron chi connectivity index (χ0n) is 27.3. The van der Waals surface area contributed by atoms with E-state index in [1.807, 2.05) is 83.3 Å². The summed E-state index contributed by atoms with van der Waals surface area (Å²) >= 11 is 0. The molecule has 0 aliphatic heterocycles. The number of carbonyl (C=O) groups is 3. The molecular weight excluding hydrogens is 556 g/mol. The van der Waals surface area contributed by atoms with Gasteiger partial charge in [0.15, 0.2) is 6.04 Å². The van der Waals surface area contributed by atoms with Crippen LogP contribution in [0.25, 0.3) is 0 Å². The lowest BCUT2D eigenvalue weighted by Crippen LogP contribution is -2.51. The standard InChI is InChI=1S/C35H50N4O5/c1-25-16-18-30(43-21-13-12-20-36-7)23-29(25)24-37-33(41)32(19-17-28-14-10-9-11-15-28)39(8)34(42)31(38-27(3)40)22-26(2)44-35(4,5)6/h9-11,14-16,18,23,31-32,36H,2,8,12-13,17,19-22,24H2,1,3-7H3,(H-,37,38,40,41)/p+1/t31-,32?/m0/s1. The third-order valence-corrected chi connectivity index (χ3v) is 6.93. The fourth-order valence-electron chi connectivity index (χ4n) is 4.70. The minimum absolute atomic E-state index is 0.0513. The first kappa shape index (κ1) is 36.2. The van der Waals surface area contributed by atoms with Crippen LogP contribution in [0.3, 0.4) is 0 Å². The smallest absolute Gasteiger partial charge is 0.409 e. The fourth-order valence-corrected chi connectivity index (χ4v) is 4.70. The topological polar surface area (TPSA) is 109 Å². The van der Waals surface area contributed by atoms with Crippen molar-refractivity contribution >= 4 is 24.4 Å². The summed E-state index contributed by atoms with van der Waals surface area (Å²) in [5, 5.41) is 8.82. The van der Waals surface area contributed by atoms with E-state index in [1.54, 1.807) is 0 Å². The van der Waals surface area contributed by atoms with Gasteiger partial charge in [-0.15, -0.1) is 0 Å². The van der Waals surface area contributed by atoms with Crippen LogP contribution < -0.4 is 20.7 Å². The van der Waals surface area contributed by atoms with Gasteiger partial charge in [0.1, 0.15) is 18.1 Å². The zero-order chi connectivity index (χ0) is 32.7. The third-order valence-electron chi connectivity index (χ3n) is 6.93. The van der Waals surface area contributed by atoms with Crippen molar-refractivity contribution in [2.45, 2.75) is 91.0 Å². The molecule has 3 N–H and O–H groups in total. The molecule has 0 aliphatic rings. The average Bonchev–Trinajstić information content (AvgIpc) is 2.95. The molecule has 0 fully saturated rings. The van der Waals surface area contributed by atoms with Crippen LogP contribution >= 0.6 is 0 Å². The summed E-state index contributed by atoms with van der Waals surface area (Å²) in [4.78, 5) is 39.5. The lowest BCUT2D eigenvalue weighted by molar-refractivity contribution is -0.470. The van der Waals surface area contributed by atoms with E-state index < -0.39 is 23.6 Å². The number of unbranched alkanes of at least 4 members (excludes halogenated alkanes) is 1. The Bertz CT molecular complexity index is 1270. The predicted octanol–water partition coefficient (Wildman–Crippen LogP) is 4.45. The van der Waals surface area contributed by atoms with Crippen LogP contribution in [0.2, 0.25) is 0 Å². The summed E-state index contributed by atoms with van der Waals surface area (Å²) in [5.41, 5.74) is 2.45. The van der Waals surface area contributed by atoms with E-state index in [9.17, 15) is 14.4 Å². The molecule has 0 aromatic heterocycles. The number of benzene rings is 2. The Kier molecular flexibility index (Phi) is 14.8. The molecule has 2 atom stereocenters. The van der Waals surface area contributed by atoms with E-state index in [0.717, 1.165) is 41.8 Å². The van der Waals surface area contributed by atoms with Crippen molar-refractivity contribution in [3.8, 4) is 5.75 Å². The number of amides is 3. The summed E-state index contributed by atoms with van der Waals surface area (Å²) < 4.78 is 12.9. The Balaban J connectivity index is 2.21. The van der Waals surface area contributed by atoms with Gasteiger partial charge >= 0.3 is 5.91 Å². The van der Waals surface area contributed by atoms with Gasteiger partial charge in [0.05, 0.1) is 12.4 Å². The van der Waals surface area contributed by atoms with E-state index in [4.69, 9.17) is 9.47 Å². The monoisotopic (exact) mass is 607 g/mol. The Labute approximate surface area is 263 Å². The van der Waals surface area contributed by atoms with Crippen molar-refractivity contribution in [3.63, 3.8) is 0 Å². The first-order chi connectivity index (χ1) is 20.8. The summed E-state index contributed by atoms with van der Waals surface area (Å²) in [6.07, 6.45) is 2.91. The number of hydrogen-bond donors (Lipinski definition) is 3. The number of nitrogens with one attached hydrogen (secondary N) is 3. The average molecular weight is 608 g/mol. The van der Waals surface area contributed by atoms with Crippen LogP contribution in [0.15, 0.2) is 60.9 Å². The van der Waals surface area contributed by atoms with Crippen LogP contribution in [-0.2, 0) is 32.1 Å². The number of aryl methyl sites for hydroxylation is 2. The summed E-state index contributed by atoms with van der Waals surface area (Å²) in [6, 6.07) is 13.7.